The summed E-state index contributed by atoms with van der Waals surface area (Å²) in [5.41, 5.74) is 18.8. The summed E-state index contributed by atoms with van der Waals surface area (Å²) in [5.74, 6) is 3.49. The number of anilines is 3. The summed E-state index contributed by atoms with van der Waals surface area (Å²) in [6, 6.07) is 86.1. The summed E-state index contributed by atoms with van der Waals surface area (Å²) in [5, 5.41) is 0. The molecule has 2 aliphatic carbocycles. The van der Waals surface area contributed by atoms with Crippen molar-refractivity contribution in [3.05, 3.63) is 281 Å². The molecule has 0 radical (unpaired) electrons. The first-order valence-electron chi connectivity index (χ1n) is 22.4. The van der Waals surface area contributed by atoms with Crippen LogP contribution >= 0.6 is 0 Å². The molecule has 0 saturated carbocycles. The first-order valence-corrected chi connectivity index (χ1v) is 22.4. The zero-order chi connectivity index (χ0) is 42.7. The lowest BCUT2D eigenvalue weighted by Crippen LogP contribution is -2.32. The van der Waals surface area contributed by atoms with Gasteiger partial charge in [-0.25, -0.2) is 0 Å². The van der Waals surface area contributed by atoms with E-state index in [1.807, 2.05) is 0 Å². The molecule has 2 heterocycles. The van der Waals surface area contributed by atoms with Crippen molar-refractivity contribution in [1.29, 1.82) is 0 Å². The van der Waals surface area contributed by atoms with Gasteiger partial charge in [0.05, 0.1) is 16.5 Å². The standard InChI is InChI=1S/C62H39NO2/c1-2-18-40(19-3-1)43-20-7-14-30-56(43)63(41-34-36-47-46-23-6-10-26-50(46)62(54(47)38-41)52-28-12-16-32-58(52)64-59-33-17-13-29-53(59)62)42-35-37-60-55(39-42)61(51-27-11-15-31-57(51)65-60)48-24-8-4-21-44(48)45-22-5-9-25-49(45)61/h1-39H. The summed E-state index contributed by atoms with van der Waals surface area (Å²) in [7, 11) is 0. The summed E-state index contributed by atoms with van der Waals surface area (Å²) < 4.78 is 13.7. The van der Waals surface area contributed by atoms with Gasteiger partial charge in [-0.3, -0.25) is 0 Å². The molecule has 3 heteroatoms. The van der Waals surface area contributed by atoms with E-state index in [4.69, 9.17) is 9.47 Å². The normalized spacial score (nSPS) is 14.3. The molecule has 0 saturated heterocycles. The lowest BCUT2D eigenvalue weighted by molar-refractivity contribution is 0.436. The molecule has 0 unspecified atom stereocenters. The Morgan fingerprint density at radius 1 is 0.262 bits per heavy atom. The Morgan fingerprint density at radius 2 is 0.631 bits per heavy atom. The third-order valence-electron chi connectivity index (χ3n) is 14.4. The highest BCUT2D eigenvalue weighted by atomic mass is 16.5. The number of para-hydroxylation sites is 4. The molecule has 0 aromatic heterocycles. The van der Waals surface area contributed by atoms with Gasteiger partial charge in [0.1, 0.15) is 23.0 Å². The Labute approximate surface area is 378 Å². The van der Waals surface area contributed by atoms with E-state index in [1.54, 1.807) is 0 Å². The van der Waals surface area contributed by atoms with E-state index in [0.717, 1.165) is 73.4 Å². The van der Waals surface area contributed by atoms with Crippen molar-refractivity contribution in [3.63, 3.8) is 0 Å². The molecule has 304 valence electrons. The van der Waals surface area contributed by atoms with Crippen molar-refractivity contribution in [2.75, 3.05) is 4.90 Å². The average molecular weight is 830 g/mol. The number of hydrogen-bond donors (Lipinski definition) is 0. The number of benzene rings is 10. The topological polar surface area (TPSA) is 21.7 Å². The van der Waals surface area contributed by atoms with Crippen LogP contribution < -0.4 is 14.4 Å². The second-order valence-corrected chi connectivity index (χ2v) is 17.5. The van der Waals surface area contributed by atoms with E-state index >= 15 is 0 Å². The van der Waals surface area contributed by atoms with Crippen molar-refractivity contribution in [2.24, 2.45) is 0 Å². The van der Waals surface area contributed by atoms with Crippen LogP contribution in [0, 0.1) is 0 Å². The van der Waals surface area contributed by atoms with Crippen LogP contribution in [0.25, 0.3) is 33.4 Å². The molecule has 2 spiro atoms. The molecule has 3 nitrogen and oxygen atoms in total. The van der Waals surface area contributed by atoms with E-state index in [0.29, 0.717) is 0 Å². The SMILES string of the molecule is c1ccc(-c2ccccc2N(c2ccc3c(c2)C2(c4ccccc4O3)c3ccccc3-c3ccccc32)c2ccc3c(c2)C2(c4ccccc4Oc4ccccc42)c2ccccc2-3)cc1. The van der Waals surface area contributed by atoms with Gasteiger partial charge in [-0.2, -0.15) is 0 Å². The fraction of sp³-hybridized carbons (Fsp3) is 0.0323. The van der Waals surface area contributed by atoms with Crippen LogP contribution in [0.3, 0.4) is 0 Å². The number of rotatable bonds is 4. The van der Waals surface area contributed by atoms with Gasteiger partial charge < -0.3 is 14.4 Å². The van der Waals surface area contributed by atoms with Crippen molar-refractivity contribution in [3.8, 4) is 56.4 Å². The van der Waals surface area contributed by atoms with Gasteiger partial charge in [0.25, 0.3) is 0 Å². The first-order chi connectivity index (χ1) is 32.2. The molecule has 10 aromatic rings. The maximum atomic E-state index is 6.94. The van der Waals surface area contributed by atoms with Crippen molar-refractivity contribution in [1.82, 2.24) is 0 Å². The van der Waals surface area contributed by atoms with E-state index in [2.05, 4.69) is 241 Å². The van der Waals surface area contributed by atoms with Crippen LogP contribution in [0.5, 0.6) is 23.0 Å². The van der Waals surface area contributed by atoms with Gasteiger partial charge in [-0.15, -0.1) is 0 Å². The molecule has 14 rings (SSSR count). The predicted molar refractivity (Wildman–Crippen MR) is 261 cm³/mol. The Kier molecular flexibility index (Phi) is 7.53. The monoisotopic (exact) mass is 829 g/mol. The van der Waals surface area contributed by atoms with Crippen LogP contribution in [0.1, 0.15) is 44.5 Å². The Hall–Kier alpha value is -8.40. The summed E-state index contributed by atoms with van der Waals surface area (Å²) in [6.07, 6.45) is 0. The van der Waals surface area contributed by atoms with Crippen LogP contribution in [-0.4, -0.2) is 0 Å². The fourth-order valence-electron chi connectivity index (χ4n) is 11.9. The number of hydrogen-bond acceptors (Lipinski definition) is 3. The van der Waals surface area contributed by atoms with E-state index in [9.17, 15) is 0 Å². The molecule has 0 atom stereocenters. The Balaban J connectivity index is 1.07. The maximum absolute atomic E-state index is 6.94. The zero-order valence-corrected chi connectivity index (χ0v) is 35.3. The van der Waals surface area contributed by atoms with E-state index in [1.165, 1.54) is 44.5 Å². The van der Waals surface area contributed by atoms with Gasteiger partial charge in [-0.05, 0) is 105 Å². The van der Waals surface area contributed by atoms with Crippen LogP contribution in [-0.2, 0) is 10.8 Å². The molecule has 0 amide bonds. The number of ether oxygens (including phenoxy) is 2. The first kappa shape index (κ1) is 36.1. The fourth-order valence-corrected chi connectivity index (χ4v) is 11.9. The lowest BCUT2D eigenvalue weighted by Gasteiger charge is -2.40. The van der Waals surface area contributed by atoms with Gasteiger partial charge in [0.15, 0.2) is 0 Å². The highest BCUT2D eigenvalue weighted by Crippen LogP contribution is 2.65. The molecule has 0 fully saturated rings. The predicted octanol–water partition coefficient (Wildman–Crippen LogP) is 15.8. The molecular weight excluding hydrogens is 791 g/mol. The lowest BCUT2D eigenvalue weighted by atomic mass is 9.66. The van der Waals surface area contributed by atoms with Gasteiger partial charge in [0.2, 0.25) is 0 Å². The van der Waals surface area contributed by atoms with Crippen molar-refractivity contribution in [2.45, 2.75) is 10.8 Å². The second kappa shape index (κ2) is 13.6. The van der Waals surface area contributed by atoms with Crippen LogP contribution in [0.4, 0.5) is 17.1 Å². The van der Waals surface area contributed by atoms with Crippen LogP contribution in [0.15, 0.2) is 237 Å². The highest BCUT2D eigenvalue weighted by Gasteiger charge is 2.53. The van der Waals surface area contributed by atoms with Gasteiger partial charge >= 0.3 is 0 Å². The second-order valence-electron chi connectivity index (χ2n) is 17.5. The molecular formula is C62H39NO2. The zero-order valence-electron chi connectivity index (χ0n) is 35.3. The average Bonchev–Trinajstić information content (AvgIpc) is 3.83. The van der Waals surface area contributed by atoms with Crippen LogP contribution in [0.2, 0.25) is 0 Å². The Morgan fingerprint density at radius 3 is 1.17 bits per heavy atom. The summed E-state index contributed by atoms with van der Waals surface area (Å²) >= 11 is 0. The minimum atomic E-state index is -0.618. The summed E-state index contributed by atoms with van der Waals surface area (Å²) in [4.78, 5) is 2.47. The highest BCUT2D eigenvalue weighted by molar-refractivity contribution is 5.95. The Bertz CT molecular complexity index is 3500. The molecule has 65 heavy (non-hydrogen) atoms. The number of nitrogens with zero attached hydrogens (tertiary/aromatic N) is 1. The maximum Gasteiger partial charge on any atom is 0.132 e. The van der Waals surface area contributed by atoms with E-state index in [-0.39, 0.29) is 0 Å². The molecule has 10 aromatic carbocycles. The molecule has 2 aliphatic heterocycles. The summed E-state index contributed by atoms with van der Waals surface area (Å²) in [6.45, 7) is 0. The van der Waals surface area contributed by atoms with Crippen molar-refractivity contribution < 1.29 is 9.47 Å². The number of fused-ring (bicyclic) bond motifs is 18. The molecule has 0 bridgehead atoms. The van der Waals surface area contributed by atoms with Gasteiger partial charge in [-0.1, -0.05) is 182 Å². The minimum absolute atomic E-state index is 0.614. The minimum Gasteiger partial charge on any atom is -0.457 e. The van der Waals surface area contributed by atoms with Gasteiger partial charge in [0, 0.05) is 39.2 Å². The molecule has 4 aliphatic rings. The molecule has 0 N–H and O–H groups in total. The largest absolute Gasteiger partial charge is 0.457 e. The van der Waals surface area contributed by atoms with Crippen molar-refractivity contribution >= 4 is 17.1 Å². The third-order valence-corrected chi connectivity index (χ3v) is 14.4. The smallest absolute Gasteiger partial charge is 0.132 e. The quantitative estimate of drug-likeness (QED) is 0.176. The third kappa shape index (κ3) is 4.79. The van der Waals surface area contributed by atoms with E-state index < -0.39 is 10.8 Å².